The van der Waals surface area contributed by atoms with Gasteiger partial charge in [0.05, 0.1) is 7.11 Å². The van der Waals surface area contributed by atoms with Gasteiger partial charge in [-0.05, 0) is 48.4 Å². The number of hydrogen-bond acceptors (Lipinski definition) is 4. The molecule has 0 unspecified atom stereocenters. The van der Waals surface area contributed by atoms with Crippen molar-refractivity contribution in [2.24, 2.45) is 11.8 Å². The van der Waals surface area contributed by atoms with Gasteiger partial charge in [-0.2, -0.15) is 0 Å². The van der Waals surface area contributed by atoms with Crippen LogP contribution in [0.3, 0.4) is 0 Å². The van der Waals surface area contributed by atoms with Gasteiger partial charge < -0.3 is 9.64 Å². The van der Waals surface area contributed by atoms with Crippen LogP contribution in [0.25, 0.3) is 6.08 Å². The summed E-state index contributed by atoms with van der Waals surface area (Å²) in [6, 6.07) is 4.92. The Kier molecular flexibility index (Phi) is 6.45. The van der Waals surface area contributed by atoms with Crippen molar-refractivity contribution in [3.63, 3.8) is 0 Å². The molecule has 1 saturated carbocycles. The first-order valence-corrected chi connectivity index (χ1v) is 11.3. The molecule has 0 bridgehead atoms. The molecule has 1 aromatic carbocycles. The van der Waals surface area contributed by atoms with Gasteiger partial charge in [0.2, 0.25) is 15.9 Å². The molecule has 0 spiro atoms. The third-order valence-corrected chi connectivity index (χ3v) is 7.80. The van der Waals surface area contributed by atoms with E-state index in [1.165, 1.54) is 46.9 Å². The van der Waals surface area contributed by atoms with E-state index in [9.17, 15) is 13.2 Å². The summed E-state index contributed by atoms with van der Waals surface area (Å²) < 4.78 is 31.4. The zero-order valence-electron chi connectivity index (χ0n) is 16.9. The molecule has 1 aliphatic carbocycles. The Morgan fingerprint density at radius 3 is 2.57 bits per heavy atom. The van der Waals surface area contributed by atoms with Gasteiger partial charge in [-0.25, -0.2) is 12.7 Å². The van der Waals surface area contributed by atoms with Crippen LogP contribution in [0.15, 0.2) is 29.2 Å². The standard InChI is InChI=1S/C21H30N2O4S/c1-22(2)28(25,26)20-14-16(8-10-19(20)27-3)9-11-21(24)23-13-12-17-6-4-5-7-18(17)15-23/h8-11,14,17-18H,4-7,12-13,15H2,1-3H3/b11-9+/t17-,18-/m0/s1. The summed E-state index contributed by atoms with van der Waals surface area (Å²) in [6.45, 7) is 1.66. The Bertz CT molecular complexity index is 848. The quantitative estimate of drug-likeness (QED) is 0.705. The zero-order chi connectivity index (χ0) is 20.3. The summed E-state index contributed by atoms with van der Waals surface area (Å²) in [6.07, 6.45) is 9.46. The Balaban J connectivity index is 1.74. The highest BCUT2D eigenvalue weighted by Crippen LogP contribution is 2.36. The van der Waals surface area contributed by atoms with E-state index >= 15 is 0 Å². The van der Waals surface area contributed by atoms with Crippen molar-refractivity contribution in [3.8, 4) is 5.75 Å². The molecule has 7 heteroatoms. The van der Waals surface area contributed by atoms with Gasteiger partial charge in [-0.3, -0.25) is 4.79 Å². The van der Waals surface area contributed by atoms with Gasteiger partial charge in [0.25, 0.3) is 0 Å². The highest BCUT2D eigenvalue weighted by Gasteiger charge is 2.32. The molecular weight excluding hydrogens is 376 g/mol. The first-order chi connectivity index (χ1) is 13.3. The van der Waals surface area contributed by atoms with Crippen molar-refractivity contribution >= 4 is 22.0 Å². The number of carbonyl (C=O) groups excluding carboxylic acids is 1. The lowest BCUT2D eigenvalue weighted by atomic mass is 9.75. The van der Waals surface area contributed by atoms with Crippen molar-refractivity contribution in [2.45, 2.75) is 37.0 Å². The normalized spacial score (nSPS) is 23.1. The number of benzene rings is 1. The fraction of sp³-hybridized carbons (Fsp3) is 0.571. The van der Waals surface area contributed by atoms with Crippen molar-refractivity contribution < 1.29 is 17.9 Å². The van der Waals surface area contributed by atoms with Crippen LogP contribution in [-0.2, 0) is 14.8 Å². The SMILES string of the molecule is COc1ccc(/C=C/C(=O)N2CC[C@@H]3CCCC[C@H]3C2)cc1S(=O)(=O)N(C)C. The van der Waals surface area contributed by atoms with E-state index in [1.807, 2.05) is 4.90 Å². The lowest BCUT2D eigenvalue weighted by Gasteiger charge is -2.41. The molecular formula is C21H30N2O4S. The molecule has 154 valence electrons. The third-order valence-electron chi connectivity index (χ3n) is 5.97. The second kappa shape index (κ2) is 8.66. The molecule has 0 radical (unpaired) electrons. The van der Waals surface area contributed by atoms with Crippen molar-refractivity contribution in [2.75, 3.05) is 34.3 Å². The van der Waals surface area contributed by atoms with Gasteiger partial charge in [-0.15, -0.1) is 0 Å². The maximum Gasteiger partial charge on any atom is 0.246 e. The van der Waals surface area contributed by atoms with Gasteiger partial charge in [-0.1, -0.05) is 25.3 Å². The number of carbonyl (C=O) groups is 1. The molecule has 1 amide bonds. The van der Waals surface area contributed by atoms with E-state index in [0.29, 0.717) is 11.5 Å². The molecule has 2 fully saturated rings. The maximum absolute atomic E-state index is 12.6. The number of sulfonamides is 1. The van der Waals surface area contributed by atoms with Crippen LogP contribution in [-0.4, -0.2) is 57.8 Å². The van der Waals surface area contributed by atoms with Crippen LogP contribution in [0.2, 0.25) is 0 Å². The van der Waals surface area contributed by atoms with Crippen molar-refractivity contribution in [1.82, 2.24) is 9.21 Å². The lowest BCUT2D eigenvalue weighted by Crippen LogP contribution is -2.44. The number of methoxy groups -OCH3 is 1. The molecule has 3 rings (SSSR count). The minimum Gasteiger partial charge on any atom is -0.495 e. The van der Waals surface area contributed by atoms with Crippen LogP contribution < -0.4 is 4.74 Å². The summed E-state index contributed by atoms with van der Waals surface area (Å²) in [5.41, 5.74) is 0.655. The molecule has 6 nitrogen and oxygen atoms in total. The fourth-order valence-corrected chi connectivity index (χ4v) is 5.35. The molecule has 0 N–H and O–H groups in total. The number of rotatable bonds is 5. The van der Waals surface area contributed by atoms with Gasteiger partial charge >= 0.3 is 0 Å². The number of nitrogens with zero attached hydrogens (tertiary/aromatic N) is 2. The molecule has 1 aliphatic heterocycles. The van der Waals surface area contributed by atoms with E-state index in [1.54, 1.807) is 30.4 Å². The zero-order valence-corrected chi connectivity index (χ0v) is 17.7. The van der Waals surface area contributed by atoms with Crippen molar-refractivity contribution in [1.29, 1.82) is 0 Å². The highest BCUT2D eigenvalue weighted by atomic mass is 32.2. The fourth-order valence-electron chi connectivity index (χ4n) is 4.27. The average Bonchev–Trinajstić information content (AvgIpc) is 2.71. The number of amides is 1. The topological polar surface area (TPSA) is 66.9 Å². The number of likely N-dealkylation sites (tertiary alicyclic amines) is 1. The van der Waals surface area contributed by atoms with Crippen molar-refractivity contribution in [3.05, 3.63) is 29.8 Å². The summed E-state index contributed by atoms with van der Waals surface area (Å²) in [5.74, 6) is 1.70. The molecule has 1 aromatic rings. The van der Waals surface area contributed by atoms with Crippen LogP contribution in [0.5, 0.6) is 5.75 Å². The Morgan fingerprint density at radius 2 is 1.89 bits per heavy atom. The summed E-state index contributed by atoms with van der Waals surface area (Å²) in [5, 5.41) is 0. The average molecular weight is 407 g/mol. The Morgan fingerprint density at radius 1 is 1.18 bits per heavy atom. The minimum absolute atomic E-state index is 0.00291. The summed E-state index contributed by atoms with van der Waals surface area (Å²) in [4.78, 5) is 14.7. The van der Waals surface area contributed by atoms with Gasteiger partial charge in [0.1, 0.15) is 10.6 Å². The smallest absolute Gasteiger partial charge is 0.246 e. The lowest BCUT2D eigenvalue weighted by molar-refractivity contribution is -0.128. The first kappa shape index (κ1) is 20.9. The van der Waals surface area contributed by atoms with Crippen LogP contribution >= 0.6 is 0 Å². The predicted molar refractivity (Wildman–Crippen MR) is 110 cm³/mol. The van der Waals surface area contributed by atoms with E-state index in [2.05, 4.69) is 0 Å². The summed E-state index contributed by atoms with van der Waals surface area (Å²) in [7, 11) is 0.771. The number of hydrogen-bond donors (Lipinski definition) is 0. The molecule has 28 heavy (non-hydrogen) atoms. The van der Waals surface area contributed by atoms with Gasteiger partial charge in [0.15, 0.2) is 0 Å². The third kappa shape index (κ3) is 4.41. The monoisotopic (exact) mass is 406 g/mol. The second-order valence-electron chi connectivity index (χ2n) is 7.91. The number of fused-ring (bicyclic) bond motifs is 1. The van der Waals surface area contributed by atoms with Crippen LogP contribution in [0, 0.1) is 11.8 Å². The second-order valence-corrected chi connectivity index (χ2v) is 10.0. The van der Waals surface area contributed by atoms with E-state index in [4.69, 9.17) is 4.74 Å². The van der Waals surface area contributed by atoms with Gasteiger partial charge in [0, 0.05) is 33.3 Å². The van der Waals surface area contributed by atoms with E-state index in [-0.39, 0.29) is 16.6 Å². The minimum atomic E-state index is -3.64. The largest absolute Gasteiger partial charge is 0.495 e. The van der Waals surface area contributed by atoms with E-state index < -0.39 is 10.0 Å². The van der Waals surface area contributed by atoms with Crippen LogP contribution in [0.1, 0.15) is 37.7 Å². The Labute approximate surface area is 168 Å². The number of ether oxygens (including phenoxy) is 1. The number of piperidine rings is 1. The molecule has 1 heterocycles. The predicted octanol–water partition coefficient (Wildman–Crippen LogP) is 3.00. The highest BCUT2D eigenvalue weighted by molar-refractivity contribution is 7.89. The van der Waals surface area contributed by atoms with Crippen LogP contribution in [0.4, 0.5) is 0 Å². The maximum atomic E-state index is 12.6. The molecule has 2 aliphatic rings. The first-order valence-electron chi connectivity index (χ1n) is 9.90. The molecule has 2 atom stereocenters. The van der Waals surface area contributed by atoms with E-state index in [0.717, 1.165) is 29.7 Å². The summed E-state index contributed by atoms with van der Waals surface area (Å²) >= 11 is 0. The molecule has 1 saturated heterocycles. The molecule has 0 aromatic heterocycles. The Hall–Kier alpha value is -1.86.